The quantitative estimate of drug-likeness (QED) is 0.876. The Hall–Kier alpha value is -1.81. The lowest BCUT2D eigenvalue weighted by atomic mass is 9.97. The molecule has 2 aromatic rings. The maximum Gasteiger partial charge on any atom is 0.202 e. The highest BCUT2D eigenvalue weighted by Crippen LogP contribution is 2.26. The standard InChI is InChI=1S/C13H16N2O2/c1-9-5-10(7-11(6-9)16-2)12(8-14)13-15-3-4-17-13/h3-7,12H,8,14H2,1-2H3. The van der Waals surface area contributed by atoms with Gasteiger partial charge in [0.1, 0.15) is 12.0 Å². The molecule has 1 aromatic heterocycles. The van der Waals surface area contributed by atoms with Gasteiger partial charge in [0, 0.05) is 6.54 Å². The summed E-state index contributed by atoms with van der Waals surface area (Å²) in [7, 11) is 1.65. The van der Waals surface area contributed by atoms with Gasteiger partial charge in [-0.2, -0.15) is 0 Å². The van der Waals surface area contributed by atoms with Crippen molar-refractivity contribution in [3.8, 4) is 5.75 Å². The van der Waals surface area contributed by atoms with Gasteiger partial charge in [-0.3, -0.25) is 0 Å². The lowest BCUT2D eigenvalue weighted by Gasteiger charge is -2.13. The van der Waals surface area contributed by atoms with Crippen molar-refractivity contribution in [3.05, 3.63) is 47.7 Å². The minimum absolute atomic E-state index is 0.0289. The fraction of sp³-hybridized carbons (Fsp3) is 0.308. The molecular weight excluding hydrogens is 216 g/mol. The zero-order valence-electron chi connectivity index (χ0n) is 10.0. The van der Waals surface area contributed by atoms with Gasteiger partial charge in [0.2, 0.25) is 5.89 Å². The molecule has 17 heavy (non-hydrogen) atoms. The topological polar surface area (TPSA) is 61.3 Å². The molecule has 0 saturated heterocycles. The molecule has 4 nitrogen and oxygen atoms in total. The van der Waals surface area contributed by atoms with Gasteiger partial charge in [0.15, 0.2) is 0 Å². The first kappa shape index (κ1) is 11.7. The third-order valence-electron chi connectivity index (χ3n) is 2.70. The molecule has 0 bridgehead atoms. The van der Waals surface area contributed by atoms with E-state index in [2.05, 4.69) is 11.1 Å². The van der Waals surface area contributed by atoms with Crippen molar-refractivity contribution in [3.63, 3.8) is 0 Å². The zero-order valence-corrected chi connectivity index (χ0v) is 10.0. The third-order valence-corrected chi connectivity index (χ3v) is 2.70. The highest BCUT2D eigenvalue weighted by Gasteiger charge is 2.17. The second kappa shape index (κ2) is 5.01. The number of nitrogens with two attached hydrogens (primary N) is 1. The average Bonchev–Trinajstić information content (AvgIpc) is 2.83. The molecule has 0 saturated carbocycles. The molecule has 0 spiro atoms. The summed E-state index contributed by atoms with van der Waals surface area (Å²) in [5.74, 6) is 1.43. The molecule has 1 heterocycles. The van der Waals surface area contributed by atoms with Gasteiger partial charge in [0.05, 0.1) is 19.2 Å². The molecule has 2 N–H and O–H groups in total. The molecule has 0 aliphatic carbocycles. The number of hydrogen-bond donors (Lipinski definition) is 1. The van der Waals surface area contributed by atoms with Crippen LogP contribution >= 0.6 is 0 Å². The van der Waals surface area contributed by atoms with E-state index in [1.54, 1.807) is 19.6 Å². The molecule has 0 fully saturated rings. The number of oxazole rings is 1. The number of nitrogens with zero attached hydrogens (tertiary/aromatic N) is 1. The number of ether oxygens (including phenoxy) is 1. The largest absolute Gasteiger partial charge is 0.497 e. The van der Waals surface area contributed by atoms with E-state index in [0.717, 1.165) is 16.9 Å². The van der Waals surface area contributed by atoms with Crippen molar-refractivity contribution in [2.45, 2.75) is 12.8 Å². The minimum Gasteiger partial charge on any atom is -0.497 e. The van der Waals surface area contributed by atoms with Gasteiger partial charge in [-0.15, -0.1) is 0 Å². The van der Waals surface area contributed by atoms with Crippen LogP contribution in [-0.4, -0.2) is 18.6 Å². The molecular formula is C13H16N2O2. The van der Waals surface area contributed by atoms with Crippen molar-refractivity contribution in [1.29, 1.82) is 0 Å². The Morgan fingerprint density at radius 2 is 2.24 bits per heavy atom. The molecule has 1 unspecified atom stereocenters. The highest BCUT2D eigenvalue weighted by molar-refractivity contribution is 5.37. The first-order chi connectivity index (χ1) is 8.24. The van der Waals surface area contributed by atoms with Crippen LogP contribution in [0.1, 0.15) is 22.9 Å². The summed E-state index contributed by atoms with van der Waals surface area (Å²) in [6, 6.07) is 6.02. The van der Waals surface area contributed by atoms with Crippen LogP contribution in [0.3, 0.4) is 0 Å². The Labute approximate surface area is 100 Å². The first-order valence-electron chi connectivity index (χ1n) is 5.49. The van der Waals surface area contributed by atoms with Gasteiger partial charge in [-0.1, -0.05) is 6.07 Å². The van der Waals surface area contributed by atoms with Crippen molar-refractivity contribution < 1.29 is 9.15 Å². The van der Waals surface area contributed by atoms with Gasteiger partial charge in [-0.05, 0) is 30.2 Å². The molecule has 2 rings (SSSR count). The van der Waals surface area contributed by atoms with Crippen molar-refractivity contribution in [1.82, 2.24) is 4.98 Å². The van der Waals surface area contributed by atoms with Crippen LogP contribution in [-0.2, 0) is 0 Å². The molecule has 90 valence electrons. The Morgan fingerprint density at radius 1 is 1.41 bits per heavy atom. The van der Waals surface area contributed by atoms with E-state index in [9.17, 15) is 0 Å². The average molecular weight is 232 g/mol. The van der Waals surface area contributed by atoms with Crippen LogP contribution in [0.5, 0.6) is 5.75 Å². The first-order valence-corrected chi connectivity index (χ1v) is 5.49. The predicted molar refractivity (Wildman–Crippen MR) is 65.1 cm³/mol. The molecule has 0 aliphatic heterocycles. The summed E-state index contributed by atoms with van der Waals surface area (Å²) in [6.07, 6.45) is 3.19. The van der Waals surface area contributed by atoms with Crippen LogP contribution in [0.15, 0.2) is 35.1 Å². The number of aryl methyl sites for hydroxylation is 1. The Bertz CT molecular complexity index is 480. The molecule has 4 heteroatoms. The molecule has 1 atom stereocenters. The fourth-order valence-corrected chi connectivity index (χ4v) is 1.88. The van der Waals surface area contributed by atoms with E-state index in [4.69, 9.17) is 14.9 Å². The summed E-state index contributed by atoms with van der Waals surface area (Å²) < 4.78 is 10.6. The molecule has 0 aliphatic rings. The van der Waals surface area contributed by atoms with E-state index in [1.807, 2.05) is 19.1 Å². The Kier molecular flexibility index (Phi) is 3.44. The van der Waals surface area contributed by atoms with Gasteiger partial charge < -0.3 is 14.9 Å². The number of hydrogen-bond acceptors (Lipinski definition) is 4. The van der Waals surface area contributed by atoms with Gasteiger partial charge >= 0.3 is 0 Å². The van der Waals surface area contributed by atoms with Crippen LogP contribution in [0.2, 0.25) is 0 Å². The number of benzene rings is 1. The van der Waals surface area contributed by atoms with Crippen molar-refractivity contribution in [2.24, 2.45) is 5.73 Å². The van der Waals surface area contributed by atoms with Gasteiger partial charge in [0.25, 0.3) is 0 Å². The maximum atomic E-state index is 5.80. The minimum atomic E-state index is -0.0289. The van der Waals surface area contributed by atoms with E-state index >= 15 is 0 Å². The second-order valence-corrected chi connectivity index (χ2v) is 3.94. The summed E-state index contributed by atoms with van der Waals surface area (Å²) in [5.41, 5.74) is 7.99. The molecule has 0 radical (unpaired) electrons. The lowest BCUT2D eigenvalue weighted by molar-refractivity contribution is 0.412. The van der Waals surface area contributed by atoms with Gasteiger partial charge in [-0.25, -0.2) is 4.98 Å². The third kappa shape index (κ3) is 2.47. The SMILES string of the molecule is COc1cc(C)cc(C(CN)c2ncco2)c1. The fourth-order valence-electron chi connectivity index (χ4n) is 1.88. The summed E-state index contributed by atoms with van der Waals surface area (Å²) in [4.78, 5) is 4.16. The molecule has 0 amide bonds. The number of aromatic nitrogens is 1. The summed E-state index contributed by atoms with van der Waals surface area (Å²) in [5, 5.41) is 0. The summed E-state index contributed by atoms with van der Waals surface area (Å²) in [6.45, 7) is 2.47. The van der Waals surface area contributed by atoms with Crippen LogP contribution < -0.4 is 10.5 Å². The smallest absolute Gasteiger partial charge is 0.202 e. The van der Waals surface area contributed by atoms with Crippen molar-refractivity contribution in [2.75, 3.05) is 13.7 Å². The lowest BCUT2D eigenvalue weighted by Crippen LogP contribution is -2.14. The van der Waals surface area contributed by atoms with Crippen LogP contribution in [0, 0.1) is 6.92 Å². The monoisotopic (exact) mass is 232 g/mol. The summed E-state index contributed by atoms with van der Waals surface area (Å²) >= 11 is 0. The van der Waals surface area contributed by atoms with Crippen LogP contribution in [0.25, 0.3) is 0 Å². The number of rotatable bonds is 4. The van der Waals surface area contributed by atoms with E-state index in [-0.39, 0.29) is 5.92 Å². The second-order valence-electron chi connectivity index (χ2n) is 3.94. The predicted octanol–water partition coefficient (Wildman–Crippen LogP) is 2.08. The maximum absolute atomic E-state index is 5.80. The molecule has 1 aromatic carbocycles. The van der Waals surface area contributed by atoms with E-state index in [1.165, 1.54) is 0 Å². The highest BCUT2D eigenvalue weighted by atomic mass is 16.5. The number of methoxy groups -OCH3 is 1. The Balaban J connectivity index is 2.40. The zero-order chi connectivity index (χ0) is 12.3. The van der Waals surface area contributed by atoms with E-state index < -0.39 is 0 Å². The van der Waals surface area contributed by atoms with Crippen LogP contribution in [0.4, 0.5) is 0 Å². The van der Waals surface area contributed by atoms with E-state index in [0.29, 0.717) is 12.4 Å². The normalized spacial score (nSPS) is 12.4. The Morgan fingerprint density at radius 3 is 2.82 bits per heavy atom. The van der Waals surface area contributed by atoms with Crippen molar-refractivity contribution >= 4 is 0 Å².